The summed E-state index contributed by atoms with van der Waals surface area (Å²) in [7, 11) is 0. The van der Waals surface area contributed by atoms with Crippen molar-refractivity contribution in [3.63, 3.8) is 0 Å². The molecular formula is C16H16BrN3OS. The summed E-state index contributed by atoms with van der Waals surface area (Å²) >= 11 is 4.92. The first-order valence-electron chi connectivity index (χ1n) is 7.59. The number of ketones is 1. The number of hydrogen-bond donors (Lipinski definition) is 0. The quantitative estimate of drug-likeness (QED) is 0.558. The van der Waals surface area contributed by atoms with E-state index in [2.05, 4.69) is 30.7 Å². The molecule has 2 aliphatic carbocycles. The second-order valence-corrected chi connectivity index (χ2v) is 7.80. The minimum Gasteiger partial charge on any atom is -0.303 e. The van der Waals surface area contributed by atoms with Crippen LogP contribution in [-0.4, -0.2) is 26.3 Å². The van der Waals surface area contributed by atoms with Crippen molar-refractivity contribution in [1.29, 1.82) is 0 Å². The van der Waals surface area contributed by atoms with Gasteiger partial charge in [0.25, 0.3) is 0 Å². The number of Topliss-reactive ketones (excluding diaryl/α,β-unsaturated/α-hetero) is 1. The monoisotopic (exact) mass is 377 g/mol. The van der Waals surface area contributed by atoms with E-state index in [9.17, 15) is 4.79 Å². The summed E-state index contributed by atoms with van der Waals surface area (Å²) in [5, 5.41) is 9.62. The first kappa shape index (κ1) is 14.5. The minimum atomic E-state index is 0.129. The maximum atomic E-state index is 12.3. The third-order valence-electron chi connectivity index (χ3n) is 4.02. The average molecular weight is 378 g/mol. The van der Waals surface area contributed by atoms with Crippen LogP contribution in [0, 0.1) is 0 Å². The predicted molar refractivity (Wildman–Crippen MR) is 89.5 cm³/mol. The zero-order valence-electron chi connectivity index (χ0n) is 12.0. The van der Waals surface area contributed by atoms with Crippen molar-refractivity contribution in [2.75, 3.05) is 5.75 Å². The molecule has 1 aromatic carbocycles. The van der Waals surface area contributed by atoms with Crippen LogP contribution in [0.4, 0.5) is 0 Å². The predicted octanol–water partition coefficient (Wildman–Crippen LogP) is 4.23. The second-order valence-electron chi connectivity index (χ2n) is 5.94. The number of benzene rings is 1. The third-order valence-corrected chi connectivity index (χ3v) is 5.46. The summed E-state index contributed by atoms with van der Waals surface area (Å²) in [5.41, 5.74) is 0.738. The van der Waals surface area contributed by atoms with Crippen LogP contribution in [0.1, 0.15) is 53.8 Å². The highest BCUT2D eigenvalue weighted by Crippen LogP contribution is 2.46. The molecule has 0 saturated heterocycles. The van der Waals surface area contributed by atoms with Crippen molar-refractivity contribution in [3.05, 3.63) is 40.1 Å². The third kappa shape index (κ3) is 2.99. The molecule has 114 valence electrons. The normalized spacial score (nSPS) is 17.7. The summed E-state index contributed by atoms with van der Waals surface area (Å²) in [6, 6.07) is 8.10. The molecule has 1 heterocycles. The Balaban J connectivity index is 1.48. The van der Waals surface area contributed by atoms with E-state index in [4.69, 9.17) is 0 Å². The zero-order chi connectivity index (χ0) is 15.1. The van der Waals surface area contributed by atoms with Crippen LogP contribution in [0.15, 0.2) is 33.9 Å². The minimum absolute atomic E-state index is 0.129. The second kappa shape index (κ2) is 5.81. The molecule has 0 N–H and O–H groups in total. The van der Waals surface area contributed by atoms with Crippen molar-refractivity contribution >= 4 is 33.5 Å². The summed E-state index contributed by atoms with van der Waals surface area (Å²) < 4.78 is 3.22. The van der Waals surface area contributed by atoms with E-state index in [0.29, 0.717) is 17.7 Å². The van der Waals surface area contributed by atoms with E-state index in [-0.39, 0.29) is 5.78 Å². The Morgan fingerprint density at radius 3 is 2.77 bits per heavy atom. The van der Waals surface area contributed by atoms with E-state index >= 15 is 0 Å². The van der Waals surface area contributed by atoms with Gasteiger partial charge in [0, 0.05) is 22.0 Å². The maximum Gasteiger partial charge on any atom is 0.191 e. The summed E-state index contributed by atoms with van der Waals surface area (Å²) in [6.45, 7) is 0. The zero-order valence-corrected chi connectivity index (χ0v) is 14.4. The molecular weight excluding hydrogens is 362 g/mol. The van der Waals surface area contributed by atoms with Gasteiger partial charge in [0.05, 0.1) is 5.75 Å². The highest BCUT2D eigenvalue weighted by Gasteiger charge is 2.36. The first-order valence-corrected chi connectivity index (χ1v) is 9.36. The van der Waals surface area contributed by atoms with Gasteiger partial charge in [0.15, 0.2) is 10.9 Å². The highest BCUT2D eigenvalue weighted by molar-refractivity contribution is 9.10. The lowest BCUT2D eigenvalue weighted by molar-refractivity contribution is 0.102. The number of carbonyl (C=O) groups excluding carboxylic acids is 1. The Kier molecular flexibility index (Phi) is 3.82. The molecule has 2 fully saturated rings. The Labute approximate surface area is 141 Å². The SMILES string of the molecule is O=C(CSc1nnc(C2CC2)n1C1CC1)c1cccc(Br)c1. The van der Waals surface area contributed by atoms with Gasteiger partial charge in [-0.15, -0.1) is 10.2 Å². The number of nitrogens with zero attached hydrogens (tertiary/aromatic N) is 3. The Bertz CT molecular complexity index is 722. The molecule has 2 aliphatic rings. The largest absolute Gasteiger partial charge is 0.303 e. The number of hydrogen-bond acceptors (Lipinski definition) is 4. The van der Waals surface area contributed by atoms with Gasteiger partial charge < -0.3 is 4.57 Å². The molecule has 22 heavy (non-hydrogen) atoms. The lowest BCUT2D eigenvalue weighted by Crippen LogP contribution is -2.06. The van der Waals surface area contributed by atoms with E-state index in [1.54, 1.807) is 0 Å². The van der Waals surface area contributed by atoms with Crippen molar-refractivity contribution in [2.24, 2.45) is 0 Å². The Morgan fingerprint density at radius 2 is 2.09 bits per heavy atom. The number of carbonyl (C=O) groups is 1. The van der Waals surface area contributed by atoms with Crippen LogP contribution >= 0.6 is 27.7 Å². The van der Waals surface area contributed by atoms with Crippen LogP contribution in [-0.2, 0) is 0 Å². The molecule has 0 unspecified atom stereocenters. The highest BCUT2D eigenvalue weighted by atomic mass is 79.9. The summed E-state index contributed by atoms with van der Waals surface area (Å²) in [4.78, 5) is 12.3. The van der Waals surface area contributed by atoms with Gasteiger partial charge >= 0.3 is 0 Å². The van der Waals surface area contributed by atoms with Gasteiger partial charge in [-0.2, -0.15) is 0 Å². The summed E-state index contributed by atoms with van der Waals surface area (Å²) in [6.07, 6.45) is 4.88. The number of rotatable bonds is 6. The van der Waals surface area contributed by atoms with Gasteiger partial charge in [-0.3, -0.25) is 4.79 Å². The average Bonchev–Trinajstić information content (AvgIpc) is 3.43. The van der Waals surface area contributed by atoms with Gasteiger partial charge in [0.2, 0.25) is 0 Å². The van der Waals surface area contributed by atoms with Crippen LogP contribution in [0.3, 0.4) is 0 Å². The van der Waals surface area contributed by atoms with E-state index in [0.717, 1.165) is 21.0 Å². The lowest BCUT2D eigenvalue weighted by atomic mass is 10.2. The van der Waals surface area contributed by atoms with Gasteiger partial charge in [-0.25, -0.2) is 0 Å². The lowest BCUT2D eigenvalue weighted by Gasteiger charge is -2.07. The van der Waals surface area contributed by atoms with E-state index in [1.807, 2.05) is 24.3 Å². The smallest absolute Gasteiger partial charge is 0.191 e. The van der Waals surface area contributed by atoms with Crippen molar-refractivity contribution in [1.82, 2.24) is 14.8 Å². The molecule has 0 amide bonds. The molecule has 0 atom stereocenters. The molecule has 2 saturated carbocycles. The van der Waals surface area contributed by atoms with Crippen molar-refractivity contribution in [3.8, 4) is 0 Å². The fraction of sp³-hybridized carbons (Fsp3) is 0.438. The molecule has 0 bridgehead atoms. The molecule has 0 radical (unpaired) electrons. The molecule has 6 heteroatoms. The molecule has 4 rings (SSSR count). The maximum absolute atomic E-state index is 12.3. The van der Waals surface area contributed by atoms with Gasteiger partial charge in [-0.1, -0.05) is 39.8 Å². The Morgan fingerprint density at radius 1 is 1.27 bits per heavy atom. The van der Waals surface area contributed by atoms with Crippen LogP contribution in [0.25, 0.3) is 0 Å². The van der Waals surface area contributed by atoms with Crippen molar-refractivity contribution in [2.45, 2.75) is 42.8 Å². The first-order chi connectivity index (χ1) is 10.7. The van der Waals surface area contributed by atoms with Gasteiger partial charge in [0.1, 0.15) is 5.82 Å². The summed E-state index contributed by atoms with van der Waals surface area (Å²) in [5.74, 6) is 2.28. The number of aromatic nitrogens is 3. The van der Waals surface area contributed by atoms with Crippen LogP contribution < -0.4 is 0 Å². The molecule has 2 aromatic rings. The molecule has 0 aliphatic heterocycles. The molecule has 4 nitrogen and oxygen atoms in total. The standard InChI is InChI=1S/C16H16BrN3OS/c17-12-3-1-2-11(8-12)14(21)9-22-16-19-18-15(10-4-5-10)20(16)13-6-7-13/h1-3,8,10,13H,4-7,9H2. The Hall–Kier alpha value is -1.14. The van der Waals surface area contributed by atoms with E-state index < -0.39 is 0 Å². The van der Waals surface area contributed by atoms with Crippen LogP contribution in [0.5, 0.6) is 0 Å². The van der Waals surface area contributed by atoms with Crippen LogP contribution in [0.2, 0.25) is 0 Å². The van der Waals surface area contributed by atoms with E-state index in [1.165, 1.54) is 37.4 Å². The topological polar surface area (TPSA) is 47.8 Å². The van der Waals surface area contributed by atoms with Gasteiger partial charge in [-0.05, 0) is 37.8 Å². The number of thioether (sulfide) groups is 1. The van der Waals surface area contributed by atoms with Crippen molar-refractivity contribution < 1.29 is 4.79 Å². The molecule has 1 aromatic heterocycles. The molecule has 0 spiro atoms. The number of halogens is 1. The fourth-order valence-electron chi connectivity index (χ4n) is 2.56. The fourth-order valence-corrected chi connectivity index (χ4v) is 3.86.